The van der Waals surface area contributed by atoms with E-state index in [1.165, 1.54) is 0 Å². The van der Waals surface area contributed by atoms with Crippen molar-refractivity contribution in [3.05, 3.63) is 125 Å². The standard InChI is InChI=1S/C41H49NO8Si/c1-41(2,3)50-40(45)42-33-22-23-34(38(43)49-29-31-17-11-8-12-18-31)32(27-33)19-14-24-46-37-35(39(44)47-25-26-51(4,5)6)20-13-21-36(37)48-28-30-15-9-7-10-16-30/h7-13,15-18,20-23,27H,14,19,24-26,28-29H2,1-6H3,(H,42,45). The number of benzene rings is 4. The number of ether oxygens (including phenoxy) is 5. The Hall–Kier alpha value is -5.09. The van der Waals surface area contributed by atoms with E-state index in [0.717, 1.165) is 17.2 Å². The Kier molecular flexibility index (Phi) is 13.8. The molecule has 1 N–H and O–H groups in total. The van der Waals surface area contributed by atoms with Crippen molar-refractivity contribution in [3.63, 3.8) is 0 Å². The number of hydrogen-bond donors (Lipinski definition) is 1. The van der Waals surface area contributed by atoms with Crippen LogP contribution in [-0.4, -0.2) is 44.9 Å². The molecule has 4 aromatic rings. The van der Waals surface area contributed by atoms with Crippen LogP contribution in [0.2, 0.25) is 25.7 Å². The highest BCUT2D eigenvalue weighted by Crippen LogP contribution is 2.33. The van der Waals surface area contributed by atoms with Gasteiger partial charge in [-0.15, -0.1) is 0 Å². The monoisotopic (exact) mass is 711 g/mol. The van der Waals surface area contributed by atoms with E-state index in [0.29, 0.717) is 47.8 Å². The van der Waals surface area contributed by atoms with Crippen molar-refractivity contribution >= 4 is 31.8 Å². The number of amides is 1. The van der Waals surface area contributed by atoms with Crippen LogP contribution in [0.15, 0.2) is 97.1 Å². The van der Waals surface area contributed by atoms with E-state index in [-0.39, 0.29) is 25.4 Å². The lowest BCUT2D eigenvalue weighted by molar-refractivity contribution is 0.0469. The van der Waals surface area contributed by atoms with Crippen molar-refractivity contribution in [2.75, 3.05) is 18.5 Å². The average Bonchev–Trinajstić information content (AvgIpc) is 3.08. The first-order valence-electron chi connectivity index (χ1n) is 17.2. The quantitative estimate of drug-likeness (QED) is 0.0530. The molecule has 4 rings (SSSR count). The maximum absolute atomic E-state index is 13.3. The molecule has 0 aliphatic rings. The minimum Gasteiger partial charge on any atom is -0.489 e. The minimum absolute atomic E-state index is 0.122. The predicted molar refractivity (Wildman–Crippen MR) is 201 cm³/mol. The predicted octanol–water partition coefficient (Wildman–Crippen LogP) is 9.48. The molecule has 9 nitrogen and oxygen atoms in total. The van der Waals surface area contributed by atoms with Gasteiger partial charge in [0.2, 0.25) is 0 Å². The van der Waals surface area contributed by atoms with E-state index in [9.17, 15) is 14.4 Å². The summed E-state index contributed by atoms with van der Waals surface area (Å²) in [6.07, 6.45) is 0.266. The van der Waals surface area contributed by atoms with E-state index in [2.05, 4.69) is 25.0 Å². The summed E-state index contributed by atoms with van der Waals surface area (Å²) >= 11 is 0. The summed E-state index contributed by atoms with van der Waals surface area (Å²) in [7, 11) is -1.41. The van der Waals surface area contributed by atoms with E-state index < -0.39 is 31.7 Å². The number of nitrogens with one attached hydrogen (secondary N) is 1. The van der Waals surface area contributed by atoms with Crippen molar-refractivity contribution in [1.82, 2.24) is 0 Å². The molecular weight excluding hydrogens is 663 g/mol. The van der Waals surface area contributed by atoms with E-state index in [4.69, 9.17) is 23.7 Å². The highest BCUT2D eigenvalue weighted by atomic mass is 28.3. The molecular formula is C41H49NO8Si. The molecule has 0 bridgehead atoms. The molecule has 0 heterocycles. The van der Waals surface area contributed by atoms with Crippen molar-refractivity contribution < 1.29 is 38.1 Å². The van der Waals surface area contributed by atoms with Gasteiger partial charge in [-0.25, -0.2) is 14.4 Å². The fourth-order valence-electron chi connectivity index (χ4n) is 4.94. The summed E-state index contributed by atoms with van der Waals surface area (Å²) in [6, 6.07) is 30.2. The first-order valence-corrected chi connectivity index (χ1v) is 20.9. The average molecular weight is 712 g/mol. The summed E-state index contributed by atoms with van der Waals surface area (Å²) in [5.74, 6) is -0.235. The zero-order valence-electron chi connectivity index (χ0n) is 30.5. The lowest BCUT2D eigenvalue weighted by Gasteiger charge is -2.20. The summed E-state index contributed by atoms with van der Waals surface area (Å²) < 4.78 is 29.2. The summed E-state index contributed by atoms with van der Waals surface area (Å²) in [6.45, 7) is 13.0. The van der Waals surface area contributed by atoms with E-state index >= 15 is 0 Å². The largest absolute Gasteiger partial charge is 0.489 e. The molecule has 0 aliphatic carbocycles. The number of esters is 2. The first-order chi connectivity index (χ1) is 24.3. The molecule has 1 amide bonds. The molecule has 0 aromatic heterocycles. The molecule has 4 aromatic carbocycles. The number of rotatable bonds is 16. The number of carbonyl (C=O) groups excluding carboxylic acids is 3. The third-order valence-corrected chi connectivity index (χ3v) is 9.25. The van der Waals surface area contributed by atoms with Crippen LogP contribution in [0.25, 0.3) is 0 Å². The van der Waals surface area contributed by atoms with Gasteiger partial charge >= 0.3 is 18.0 Å². The molecule has 10 heteroatoms. The normalized spacial score (nSPS) is 11.3. The summed E-state index contributed by atoms with van der Waals surface area (Å²) in [5.41, 5.74) is 2.95. The van der Waals surface area contributed by atoms with Crippen LogP contribution in [-0.2, 0) is 33.8 Å². The molecule has 0 unspecified atom stereocenters. The second-order valence-corrected chi connectivity index (χ2v) is 20.0. The smallest absolute Gasteiger partial charge is 0.412 e. The van der Waals surface area contributed by atoms with Crippen molar-refractivity contribution in [2.45, 2.75) is 78.1 Å². The Balaban J connectivity index is 1.51. The number of carbonyl (C=O) groups is 3. The molecule has 0 aliphatic heterocycles. The summed E-state index contributed by atoms with van der Waals surface area (Å²) in [5, 5.41) is 2.75. The number of aryl methyl sites for hydroxylation is 1. The van der Waals surface area contributed by atoms with Gasteiger partial charge < -0.3 is 23.7 Å². The Morgan fingerprint density at radius 1 is 0.686 bits per heavy atom. The Bertz CT molecular complexity index is 1750. The topological polar surface area (TPSA) is 109 Å². The van der Waals surface area contributed by atoms with Gasteiger partial charge in [0, 0.05) is 13.8 Å². The number of para-hydroxylation sites is 1. The highest BCUT2D eigenvalue weighted by Gasteiger charge is 2.22. The Labute approximate surface area is 302 Å². The zero-order valence-corrected chi connectivity index (χ0v) is 31.5. The third kappa shape index (κ3) is 13.3. The zero-order chi connectivity index (χ0) is 36.9. The second-order valence-electron chi connectivity index (χ2n) is 14.4. The van der Waals surface area contributed by atoms with Crippen LogP contribution in [0.1, 0.15) is 64.6 Å². The fourth-order valence-corrected chi connectivity index (χ4v) is 5.65. The Morgan fingerprint density at radius 3 is 1.98 bits per heavy atom. The van der Waals surface area contributed by atoms with Gasteiger partial charge in [0.05, 0.1) is 18.8 Å². The molecule has 0 radical (unpaired) electrons. The van der Waals surface area contributed by atoms with Gasteiger partial charge in [-0.3, -0.25) is 5.32 Å². The van der Waals surface area contributed by atoms with Crippen molar-refractivity contribution in [3.8, 4) is 11.5 Å². The lowest BCUT2D eigenvalue weighted by atomic mass is 10.0. The van der Waals surface area contributed by atoms with Gasteiger partial charge in [0.25, 0.3) is 0 Å². The van der Waals surface area contributed by atoms with Crippen LogP contribution >= 0.6 is 0 Å². The van der Waals surface area contributed by atoms with Gasteiger partial charge in [-0.05, 0) is 86.7 Å². The van der Waals surface area contributed by atoms with Crippen LogP contribution in [0, 0.1) is 0 Å². The van der Waals surface area contributed by atoms with Gasteiger partial charge in [0.1, 0.15) is 24.4 Å². The molecule has 0 spiro atoms. The minimum atomic E-state index is -1.41. The maximum Gasteiger partial charge on any atom is 0.412 e. The van der Waals surface area contributed by atoms with E-state index in [1.54, 1.807) is 57.2 Å². The number of anilines is 1. The molecule has 0 fully saturated rings. The summed E-state index contributed by atoms with van der Waals surface area (Å²) in [4.78, 5) is 39.1. The second kappa shape index (κ2) is 18.2. The van der Waals surface area contributed by atoms with Crippen LogP contribution in [0.3, 0.4) is 0 Å². The highest BCUT2D eigenvalue weighted by molar-refractivity contribution is 6.76. The fraction of sp³-hybridized carbons (Fsp3) is 0.341. The van der Waals surface area contributed by atoms with E-state index in [1.807, 2.05) is 60.7 Å². The van der Waals surface area contributed by atoms with Crippen LogP contribution < -0.4 is 14.8 Å². The van der Waals surface area contributed by atoms with Gasteiger partial charge in [-0.1, -0.05) is 86.4 Å². The first kappa shape index (κ1) is 38.7. The molecule has 0 atom stereocenters. The van der Waals surface area contributed by atoms with Crippen LogP contribution in [0.4, 0.5) is 10.5 Å². The van der Waals surface area contributed by atoms with Crippen molar-refractivity contribution in [1.29, 1.82) is 0 Å². The lowest BCUT2D eigenvalue weighted by Crippen LogP contribution is -2.27. The third-order valence-electron chi connectivity index (χ3n) is 7.54. The Morgan fingerprint density at radius 2 is 1.33 bits per heavy atom. The maximum atomic E-state index is 13.3. The molecule has 51 heavy (non-hydrogen) atoms. The molecule has 270 valence electrons. The molecule has 0 saturated carbocycles. The van der Waals surface area contributed by atoms with Crippen LogP contribution in [0.5, 0.6) is 11.5 Å². The van der Waals surface area contributed by atoms with Gasteiger partial charge in [-0.2, -0.15) is 0 Å². The number of hydrogen-bond acceptors (Lipinski definition) is 8. The van der Waals surface area contributed by atoms with Crippen molar-refractivity contribution in [2.24, 2.45) is 0 Å². The van der Waals surface area contributed by atoms with Gasteiger partial charge in [0.15, 0.2) is 11.5 Å². The molecule has 0 saturated heterocycles. The SMILES string of the molecule is CC(C)(C)OC(=O)Nc1ccc(C(=O)OCc2ccccc2)c(CCCOc2c(OCc3ccccc3)cccc2C(=O)OCC[Si](C)(C)C)c1.